The Morgan fingerprint density at radius 2 is 2.43 bits per heavy atom. The molecule has 1 saturated heterocycles. The van der Waals surface area contributed by atoms with E-state index in [9.17, 15) is 4.21 Å². The van der Waals surface area contributed by atoms with E-state index in [1.807, 2.05) is 18.2 Å². The summed E-state index contributed by atoms with van der Waals surface area (Å²) in [6.07, 6.45) is 0.0246. The third-order valence-electron chi connectivity index (χ3n) is 3.60. The van der Waals surface area contributed by atoms with Gasteiger partial charge < -0.3 is 10.5 Å². The van der Waals surface area contributed by atoms with E-state index in [-0.39, 0.29) is 6.10 Å². The summed E-state index contributed by atoms with van der Waals surface area (Å²) in [7, 11) is -1.12. The van der Waals surface area contributed by atoms with Crippen molar-refractivity contribution in [3.8, 4) is 0 Å². The average Bonchev–Trinajstić information content (AvgIpc) is 2.90. The molecule has 1 fully saturated rings. The van der Waals surface area contributed by atoms with Gasteiger partial charge in [0.15, 0.2) is 4.34 Å². The predicted octanol–water partition coefficient (Wildman–Crippen LogP) is 1.71. The lowest BCUT2D eigenvalue weighted by Crippen LogP contribution is -2.44. The molecule has 21 heavy (non-hydrogen) atoms. The van der Waals surface area contributed by atoms with E-state index < -0.39 is 10.8 Å². The molecule has 1 aliphatic heterocycles. The van der Waals surface area contributed by atoms with Gasteiger partial charge in [0.1, 0.15) is 0 Å². The number of benzene rings is 1. The molecule has 0 bridgehead atoms. The van der Waals surface area contributed by atoms with Gasteiger partial charge in [-0.05, 0) is 24.7 Å². The van der Waals surface area contributed by atoms with E-state index in [4.69, 9.17) is 10.5 Å². The van der Waals surface area contributed by atoms with Crippen molar-refractivity contribution >= 4 is 38.0 Å². The summed E-state index contributed by atoms with van der Waals surface area (Å²) in [5.74, 6) is 0.506. The molecule has 0 aliphatic carbocycles. The molecule has 0 amide bonds. The van der Waals surface area contributed by atoms with E-state index in [1.165, 1.54) is 11.3 Å². The standard InChI is InChI=1S/C14H19N3O2S2/c1-2-17-5-6-19-11(8-17)9-21(18)14-16-12-4-3-10(15)7-13(12)20-14/h3-4,7,11H,2,5-6,8-9,15H2,1H3. The molecule has 114 valence electrons. The van der Waals surface area contributed by atoms with E-state index in [0.717, 1.165) is 29.9 Å². The summed E-state index contributed by atoms with van der Waals surface area (Å²) in [6.45, 7) is 5.66. The molecule has 3 rings (SSSR count). The normalized spacial score (nSPS) is 21.7. The van der Waals surface area contributed by atoms with Crippen LogP contribution in [0.1, 0.15) is 6.92 Å². The molecular weight excluding hydrogens is 306 g/mol. The minimum atomic E-state index is -1.12. The second-order valence-corrected chi connectivity index (χ2v) is 7.81. The molecule has 1 aliphatic rings. The minimum Gasteiger partial charge on any atom is -0.399 e. The van der Waals surface area contributed by atoms with Gasteiger partial charge in [-0.1, -0.05) is 6.92 Å². The third-order valence-corrected chi connectivity index (χ3v) is 6.37. The van der Waals surface area contributed by atoms with Crippen LogP contribution in [0.5, 0.6) is 0 Å². The van der Waals surface area contributed by atoms with Gasteiger partial charge in [0.05, 0.1) is 39.5 Å². The maximum atomic E-state index is 12.5. The first-order valence-electron chi connectivity index (χ1n) is 7.04. The molecule has 1 aromatic carbocycles. The Morgan fingerprint density at radius 1 is 1.57 bits per heavy atom. The molecule has 2 N–H and O–H groups in total. The number of nitrogens with two attached hydrogens (primary N) is 1. The molecule has 0 saturated carbocycles. The summed E-state index contributed by atoms with van der Waals surface area (Å²) in [4.78, 5) is 6.78. The molecule has 0 radical (unpaired) electrons. The quantitative estimate of drug-likeness (QED) is 0.867. The summed E-state index contributed by atoms with van der Waals surface area (Å²) in [6, 6.07) is 5.57. The second kappa shape index (κ2) is 6.39. The number of hydrogen-bond donors (Lipinski definition) is 1. The zero-order chi connectivity index (χ0) is 14.8. The van der Waals surface area contributed by atoms with Crippen LogP contribution in [0.25, 0.3) is 10.2 Å². The van der Waals surface area contributed by atoms with E-state index in [1.54, 1.807) is 0 Å². The van der Waals surface area contributed by atoms with Crippen molar-refractivity contribution in [2.75, 3.05) is 37.7 Å². The average molecular weight is 325 g/mol. The third kappa shape index (κ3) is 3.42. The second-order valence-electron chi connectivity index (χ2n) is 5.11. The molecule has 2 unspecified atom stereocenters. The van der Waals surface area contributed by atoms with Crippen molar-refractivity contribution in [3.05, 3.63) is 18.2 Å². The number of fused-ring (bicyclic) bond motifs is 1. The fourth-order valence-corrected chi connectivity index (χ4v) is 4.90. The number of hydrogen-bond acceptors (Lipinski definition) is 6. The number of morpholine rings is 1. The minimum absolute atomic E-state index is 0.0246. The summed E-state index contributed by atoms with van der Waals surface area (Å²) in [5.41, 5.74) is 7.33. The lowest BCUT2D eigenvalue weighted by atomic mass is 10.3. The van der Waals surface area contributed by atoms with Crippen molar-refractivity contribution in [2.24, 2.45) is 0 Å². The van der Waals surface area contributed by atoms with Crippen LogP contribution in [-0.2, 0) is 15.5 Å². The molecule has 5 nitrogen and oxygen atoms in total. The van der Waals surface area contributed by atoms with Gasteiger partial charge in [-0.25, -0.2) is 4.98 Å². The Balaban J connectivity index is 1.71. The van der Waals surface area contributed by atoms with Crippen LogP contribution in [0.3, 0.4) is 0 Å². The number of thiazole rings is 1. The fourth-order valence-electron chi connectivity index (χ4n) is 2.43. The van der Waals surface area contributed by atoms with Crippen LogP contribution in [0, 0.1) is 0 Å². The van der Waals surface area contributed by atoms with Gasteiger partial charge >= 0.3 is 0 Å². The highest BCUT2D eigenvalue weighted by atomic mass is 32.2. The van der Waals surface area contributed by atoms with Gasteiger partial charge in [-0.15, -0.1) is 11.3 Å². The van der Waals surface area contributed by atoms with Crippen molar-refractivity contribution in [1.82, 2.24) is 9.88 Å². The van der Waals surface area contributed by atoms with Crippen molar-refractivity contribution < 1.29 is 8.95 Å². The van der Waals surface area contributed by atoms with Gasteiger partial charge in [-0.2, -0.15) is 0 Å². The lowest BCUT2D eigenvalue weighted by Gasteiger charge is -2.31. The Morgan fingerprint density at radius 3 is 3.24 bits per heavy atom. The first kappa shape index (κ1) is 14.9. The SMILES string of the molecule is CCN1CCOC(CS(=O)c2nc3ccc(N)cc3s2)C1. The van der Waals surface area contributed by atoms with Crippen molar-refractivity contribution in [2.45, 2.75) is 17.4 Å². The van der Waals surface area contributed by atoms with E-state index >= 15 is 0 Å². The van der Waals surface area contributed by atoms with Crippen LogP contribution in [0.2, 0.25) is 0 Å². The van der Waals surface area contributed by atoms with Gasteiger partial charge in [-0.3, -0.25) is 9.11 Å². The monoisotopic (exact) mass is 325 g/mol. The molecule has 2 atom stereocenters. The molecule has 7 heteroatoms. The van der Waals surface area contributed by atoms with Crippen LogP contribution in [0.15, 0.2) is 22.5 Å². The van der Waals surface area contributed by atoms with E-state index in [0.29, 0.717) is 22.4 Å². The predicted molar refractivity (Wildman–Crippen MR) is 87.2 cm³/mol. The Hall–Kier alpha value is -1.02. The maximum absolute atomic E-state index is 12.5. The number of aromatic nitrogens is 1. The number of anilines is 1. The number of likely N-dealkylation sites (N-methyl/N-ethyl adjacent to an activating group) is 1. The zero-order valence-corrected chi connectivity index (χ0v) is 13.6. The van der Waals surface area contributed by atoms with Gasteiger partial charge in [0, 0.05) is 18.8 Å². The van der Waals surface area contributed by atoms with Gasteiger partial charge in [0.25, 0.3) is 0 Å². The molecule has 2 heterocycles. The fraction of sp³-hybridized carbons (Fsp3) is 0.500. The van der Waals surface area contributed by atoms with Crippen LogP contribution >= 0.6 is 11.3 Å². The van der Waals surface area contributed by atoms with E-state index in [2.05, 4.69) is 16.8 Å². The largest absolute Gasteiger partial charge is 0.399 e. The van der Waals surface area contributed by atoms with Crippen molar-refractivity contribution in [3.63, 3.8) is 0 Å². The number of ether oxygens (including phenoxy) is 1. The van der Waals surface area contributed by atoms with Crippen LogP contribution in [0.4, 0.5) is 5.69 Å². The van der Waals surface area contributed by atoms with Crippen molar-refractivity contribution in [1.29, 1.82) is 0 Å². The Kier molecular flexibility index (Phi) is 4.54. The van der Waals surface area contributed by atoms with Crippen LogP contribution in [-0.4, -0.2) is 52.2 Å². The summed E-state index contributed by atoms with van der Waals surface area (Å²) in [5, 5.41) is 0. The maximum Gasteiger partial charge on any atom is 0.181 e. The highest BCUT2D eigenvalue weighted by Gasteiger charge is 2.23. The zero-order valence-electron chi connectivity index (χ0n) is 11.9. The number of nitrogens with zero attached hydrogens (tertiary/aromatic N) is 2. The summed E-state index contributed by atoms with van der Waals surface area (Å²) >= 11 is 1.45. The topological polar surface area (TPSA) is 68.5 Å². The Bertz CT molecular complexity index is 659. The molecule has 1 aromatic heterocycles. The number of rotatable bonds is 4. The Labute approximate surface area is 130 Å². The molecule has 2 aromatic rings. The first-order valence-corrected chi connectivity index (χ1v) is 9.17. The smallest absolute Gasteiger partial charge is 0.181 e. The molecule has 0 spiro atoms. The lowest BCUT2D eigenvalue weighted by molar-refractivity contribution is -0.0141. The van der Waals surface area contributed by atoms with Crippen LogP contribution < -0.4 is 5.73 Å². The molecular formula is C14H19N3O2S2. The highest BCUT2D eigenvalue weighted by molar-refractivity contribution is 7.87. The first-order chi connectivity index (χ1) is 10.2. The number of nitrogen functional groups attached to an aromatic ring is 1. The highest BCUT2D eigenvalue weighted by Crippen LogP contribution is 2.26. The van der Waals surface area contributed by atoms with Gasteiger partial charge in [0.2, 0.25) is 0 Å². The summed E-state index contributed by atoms with van der Waals surface area (Å²) < 4.78 is 19.9.